The van der Waals surface area contributed by atoms with E-state index in [2.05, 4.69) is 26.1 Å². The van der Waals surface area contributed by atoms with Crippen LogP contribution in [0.2, 0.25) is 0 Å². The Kier molecular flexibility index (Phi) is 14.9. The fourth-order valence-electron chi connectivity index (χ4n) is 2.77. The predicted octanol–water partition coefficient (Wildman–Crippen LogP) is 5.66. The van der Waals surface area contributed by atoms with E-state index in [0.29, 0.717) is 12.4 Å². The van der Waals surface area contributed by atoms with Crippen LogP contribution in [0.25, 0.3) is 0 Å². The Hall–Kier alpha value is 0.210. The van der Waals surface area contributed by atoms with Gasteiger partial charge in [-0.15, -0.1) is 11.6 Å². The Bertz CT molecular complexity index is 233. The first-order chi connectivity index (χ1) is 10.5. The van der Waals surface area contributed by atoms with Gasteiger partial charge >= 0.3 is 0 Å². The van der Waals surface area contributed by atoms with Crippen LogP contribution in [-0.2, 0) is 0 Å². The molecule has 0 aliphatic carbocycles. The summed E-state index contributed by atoms with van der Waals surface area (Å²) in [6.45, 7) is 7.29. The average Bonchev–Trinajstić information content (AvgIpc) is 2.50. The quantitative estimate of drug-likeness (QED) is 0.282. The van der Waals surface area contributed by atoms with Crippen molar-refractivity contribution in [2.24, 2.45) is 0 Å². The summed E-state index contributed by atoms with van der Waals surface area (Å²) in [6, 6.07) is 0. The summed E-state index contributed by atoms with van der Waals surface area (Å²) >= 11 is 5.61. The second kappa shape index (κ2) is 14.8. The average molecular weight is 334 g/mol. The summed E-state index contributed by atoms with van der Waals surface area (Å²) < 4.78 is 0. The summed E-state index contributed by atoms with van der Waals surface area (Å²) in [7, 11) is 0. The number of alkyl halides is 1. The predicted molar refractivity (Wildman–Crippen MR) is 99.9 cm³/mol. The van der Waals surface area contributed by atoms with Crippen molar-refractivity contribution in [3.05, 3.63) is 0 Å². The van der Waals surface area contributed by atoms with E-state index in [1.165, 1.54) is 77.0 Å². The van der Waals surface area contributed by atoms with Gasteiger partial charge in [0.15, 0.2) is 0 Å². The van der Waals surface area contributed by atoms with Gasteiger partial charge in [-0.05, 0) is 20.3 Å². The molecule has 0 aromatic rings. The van der Waals surface area contributed by atoms with Gasteiger partial charge in [-0.1, -0.05) is 77.6 Å². The van der Waals surface area contributed by atoms with Crippen molar-refractivity contribution in [1.82, 2.24) is 5.32 Å². The van der Waals surface area contributed by atoms with Crippen molar-refractivity contribution in [3.8, 4) is 0 Å². The highest BCUT2D eigenvalue weighted by atomic mass is 35.5. The van der Waals surface area contributed by atoms with E-state index in [9.17, 15) is 5.11 Å². The summed E-state index contributed by atoms with van der Waals surface area (Å²) in [5.41, 5.74) is 0.103. The van der Waals surface area contributed by atoms with Crippen LogP contribution in [0.5, 0.6) is 0 Å². The van der Waals surface area contributed by atoms with E-state index in [4.69, 9.17) is 11.6 Å². The fourth-order valence-corrected chi connectivity index (χ4v) is 2.88. The molecule has 0 aromatic carbocycles. The highest BCUT2D eigenvalue weighted by Gasteiger charge is 2.17. The molecule has 3 heteroatoms. The molecule has 0 fully saturated rings. The van der Waals surface area contributed by atoms with Gasteiger partial charge in [-0.2, -0.15) is 0 Å². The van der Waals surface area contributed by atoms with Crippen molar-refractivity contribution in [2.75, 3.05) is 12.4 Å². The first-order valence-corrected chi connectivity index (χ1v) is 10.0. The van der Waals surface area contributed by atoms with Crippen LogP contribution in [0.4, 0.5) is 0 Å². The topological polar surface area (TPSA) is 32.3 Å². The zero-order valence-electron chi connectivity index (χ0n) is 15.3. The molecular weight excluding hydrogens is 294 g/mol. The maximum atomic E-state index is 9.49. The van der Waals surface area contributed by atoms with Gasteiger partial charge in [0.05, 0.1) is 6.10 Å². The maximum Gasteiger partial charge on any atom is 0.0799 e. The molecule has 134 valence electrons. The lowest BCUT2D eigenvalue weighted by Gasteiger charge is -2.27. The van der Waals surface area contributed by atoms with Gasteiger partial charge in [-0.3, -0.25) is 0 Å². The van der Waals surface area contributed by atoms with Crippen LogP contribution in [0.3, 0.4) is 0 Å². The third-order valence-corrected chi connectivity index (χ3v) is 4.76. The van der Waals surface area contributed by atoms with Crippen LogP contribution >= 0.6 is 11.6 Å². The van der Waals surface area contributed by atoms with Gasteiger partial charge < -0.3 is 10.4 Å². The Morgan fingerprint density at radius 3 is 1.77 bits per heavy atom. The third-order valence-electron chi connectivity index (χ3n) is 4.40. The van der Waals surface area contributed by atoms with Crippen LogP contribution in [0.1, 0.15) is 97.8 Å². The number of halogens is 1. The molecular formula is C19H40ClNO. The summed E-state index contributed by atoms with van der Waals surface area (Å²) in [5, 5.41) is 12.9. The van der Waals surface area contributed by atoms with Gasteiger partial charge in [0.1, 0.15) is 0 Å². The number of rotatable bonds is 16. The molecule has 0 bridgehead atoms. The van der Waals surface area contributed by atoms with Crippen LogP contribution in [0.15, 0.2) is 0 Å². The lowest BCUT2D eigenvalue weighted by atomic mass is 9.95. The molecule has 0 aliphatic rings. The van der Waals surface area contributed by atoms with E-state index >= 15 is 0 Å². The molecule has 1 atom stereocenters. The zero-order valence-corrected chi connectivity index (χ0v) is 16.1. The SMILES string of the molecule is CCCCCCCCCCCCCC(C)(C)NCC(O)CCl. The molecule has 2 nitrogen and oxygen atoms in total. The minimum absolute atomic E-state index is 0.103. The summed E-state index contributed by atoms with van der Waals surface area (Å²) in [6.07, 6.45) is 16.0. The van der Waals surface area contributed by atoms with Crippen LogP contribution < -0.4 is 5.32 Å². The summed E-state index contributed by atoms with van der Waals surface area (Å²) in [5.74, 6) is 0.307. The molecule has 0 saturated heterocycles. The minimum Gasteiger partial charge on any atom is -0.391 e. The fraction of sp³-hybridized carbons (Fsp3) is 1.00. The van der Waals surface area contributed by atoms with E-state index < -0.39 is 6.10 Å². The third kappa shape index (κ3) is 15.1. The van der Waals surface area contributed by atoms with Crippen molar-refractivity contribution in [3.63, 3.8) is 0 Å². The van der Waals surface area contributed by atoms with Gasteiger partial charge in [-0.25, -0.2) is 0 Å². The lowest BCUT2D eigenvalue weighted by Crippen LogP contribution is -2.43. The molecule has 0 amide bonds. The second-order valence-corrected chi connectivity index (χ2v) is 7.67. The molecule has 2 N–H and O–H groups in total. The van der Waals surface area contributed by atoms with Crippen molar-refractivity contribution < 1.29 is 5.11 Å². The first kappa shape index (κ1) is 22.2. The van der Waals surface area contributed by atoms with Crippen molar-refractivity contribution in [2.45, 2.75) is 109 Å². The van der Waals surface area contributed by atoms with Crippen molar-refractivity contribution >= 4 is 11.6 Å². The van der Waals surface area contributed by atoms with Crippen molar-refractivity contribution in [1.29, 1.82) is 0 Å². The number of unbranched alkanes of at least 4 members (excludes halogenated alkanes) is 10. The van der Waals surface area contributed by atoms with Gasteiger partial charge in [0.25, 0.3) is 0 Å². The Balaban J connectivity index is 3.33. The van der Waals surface area contributed by atoms with E-state index in [-0.39, 0.29) is 5.54 Å². The minimum atomic E-state index is -0.432. The van der Waals surface area contributed by atoms with E-state index in [0.717, 1.165) is 0 Å². The van der Waals surface area contributed by atoms with E-state index in [1.54, 1.807) is 0 Å². The number of aliphatic hydroxyl groups is 1. The normalized spacial score (nSPS) is 13.5. The zero-order chi connectivity index (χ0) is 16.7. The molecule has 22 heavy (non-hydrogen) atoms. The smallest absolute Gasteiger partial charge is 0.0799 e. The molecule has 0 aromatic heterocycles. The van der Waals surface area contributed by atoms with Gasteiger partial charge in [0.2, 0.25) is 0 Å². The van der Waals surface area contributed by atoms with E-state index in [1.807, 2.05) is 0 Å². The molecule has 0 rings (SSSR count). The highest BCUT2D eigenvalue weighted by Crippen LogP contribution is 2.16. The highest BCUT2D eigenvalue weighted by molar-refractivity contribution is 6.18. The Labute approximate surface area is 144 Å². The largest absolute Gasteiger partial charge is 0.391 e. The standard InChI is InChI=1S/C19H40ClNO/c1-4-5-6-7-8-9-10-11-12-13-14-15-19(2,3)21-17-18(22)16-20/h18,21-22H,4-17H2,1-3H3. The second-order valence-electron chi connectivity index (χ2n) is 7.36. The molecule has 0 saturated carbocycles. The number of hydrogen-bond acceptors (Lipinski definition) is 2. The first-order valence-electron chi connectivity index (χ1n) is 9.51. The number of β-amino-alcohol motifs (C(OH)–C–C–N with tert-alkyl or cyclic N) is 1. The molecule has 0 heterocycles. The number of nitrogens with one attached hydrogen (secondary N) is 1. The Morgan fingerprint density at radius 2 is 1.32 bits per heavy atom. The molecule has 0 radical (unpaired) electrons. The molecule has 0 aliphatic heterocycles. The molecule has 1 unspecified atom stereocenters. The van der Waals surface area contributed by atoms with Crippen LogP contribution in [-0.4, -0.2) is 29.2 Å². The van der Waals surface area contributed by atoms with Gasteiger partial charge in [0, 0.05) is 18.0 Å². The maximum absolute atomic E-state index is 9.49. The monoisotopic (exact) mass is 333 g/mol. The van der Waals surface area contributed by atoms with Crippen LogP contribution in [0, 0.1) is 0 Å². The Morgan fingerprint density at radius 1 is 0.864 bits per heavy atom. The lowest BCUT2D eigenvalue weighted by molar-refractivity contribution is 0.176. The molecule has 0 spiro atoms. The number of aliphatic hydroxyl groups excluding tert-OH is 1. The number of hydrogen-bond donors (Lipinski definition) is 2. The summed E-state index contributed by atoms with van der Waals surface area (Å²) in [4.78, 5) is 0.